The number of primary amides is 1. The molecule has 0 aliphatic heterocycles. The smallest absolute Gasteiger partial charge is 0.387 e. The van der Waals surface area contributed by atoms with Crippen LogP contribution in [0.25, 0.3) is 0 Å². The first-order valence-corrected chi connectivity index (χ1v) is 5.72. The third-order valence-corrected chi connectivity index (χ3v) is 2.14. The number of hydrogen-bond donors (Lipinski definition) is 2. The van der Waals surface area contributed by atoms with Gasteiger partial charge in [0.05, 0.1) is 13.2 Å². The Bertz CT molecular complexity index is 494. The van der Waals surface area contributed by atoms with Gasteiger partial charge in [-0.15, -0.1) is 0 Å². The van der Waals surface area contributed by atoms with E-state index < -0.39 is 18.4 Å². The van der Waals surface area contributed by atoms with Crippen molar-refractivity contribution in [2.24, 2.45) is 5.73 Å². The highest BCUT2D eigenvalue weighted by molar-refractivity contribution is 5.96. The number of alkyl halides is 2. The first kappa shape index (κ1) is 15.7. The van der Waals surface area contributed by atoms with Crippen molar-refractivity contribution in [3.8, 4) is 11.5 Å². The van der Waals surface area contributed by atoms with Crippen LogP contribution in [0, 0.1) is 0 Å². The third-order valence-electron chi connectivity index (χ3n) is 2.14. The summed E-state index contributed by atoms with van der Waals surface area (Å²) >= 11 is 0. The van der Waals surface area contributed by atoms with Crippen molar-refractivity contribution in [2.45, 2.75) is 13.5 Å². The summed E-state index contributed by atoms with van der Waals surface area (Å²) in [6.45, 7) is -1.44. The molecule has 0 spiro atoms. The lowest BCUT2D eigenvalue weighted by Gasteiger charge is -2.12. The largest absolute Gasteiger partial charge is 0.490 e. The molecule has 1 aromatic carbocycles. The summed E-state index contributed by atoms with van der Waals surface area (Å²) in [4.78, 5) is 22.2. The van der Waals surface area contributed by atoms with Gasteiger partial charge in [-0.25, -0.2) is 0 Å². The van der Waals surface area contributed by atoms with Gasteiger partial charge in [-0.3, -0.25) is 9.59 Å². The molecule has 0 aliphatic carbocycles. The highest BCUT2D eigenvalue weighted by Crippen LogP contribution is 2.29. The van der Waals surface area contributed by atoms with Gasteiger partial charge in [0.1, 0.15) is 0 Å². The lowest BCUT2D eigenvalue weighted by Crippen LogP contribution is -2.33. The summed E-state index contributed by atoms with van der Waals surface area (Å²) in [5.41, 5.74) is 5.03. The summed E-state index contributed by atoms with van der Waals surface area (Å²) in [6.07, 6.45) is 0. The van der Waals surface area contributed by atoms with Gasteiger partial charge in [-0.05, 0) is 25.1 Å². The minimum Gasteiger partial charge on any atom is -0.490 e. The minimum absolute atomic E-state index is 0.0134. The standard InChI is InChI=1S/C12H14F2N2O4/c1-2-19-9-5-7(11(18)16-6-10(15)17)3-4-8(9)20-12(13)14/h3-5,12H,2,6H2,1H3,(H2,15,17)(H,16,18). The molecular weight excluding hydrogens is 274 g/mol. The van der Waals surface area contributed by atoms with Crippen LogP contribution in [0.5, 0.6) is 11.5 Å². The highest BCUT2D eigenvalue weighted by Gasteiger charge is 2.14. The number of benzene rings is 1. The van der Waals surface area contributed by atoms with Crippen LogP contribution < -0.4 is 20.5 Å². The Balaban J connectivity index is 2.91. The number of ether oxygens (including phenoxy) is 2. The topological polar surface area (TPSA) is 90.6 Å². The molecular formula is C12H14F2N2O4. The van der Waals surface area contributed by atoms with E-state index in [0.717, 1.165) is 0 Å². The molecule has 3 N–H and O–H groups in total. The van der Waals surface area contributed by atoms with E-state index in [0.29, 0.717) is 0 Å². The molecule has 0 atom stereocenters. The van der Waals surface area contributed by atoms with Crippen molar-refractivity contribution in [2.75, 3.05) is 13.2 Å². The number of carbonyl (C=O) groups is 2. The van der Waals surface area contributed by atoms with Gasteiger partial charge in [0, 0.05) is 5.56 Å². The molecule has 0 aromatic heterocycles. The van der Waals surface area contributed by atoms with Gasteiger partial charge in [-0.2, -0.15) is 8.78 Å². The van der Waals surface area contributed by atoms with Crippen molar-refractivity contribution in [3.63, 3.8) is 0 Å². The van der Waals surface area contributed by atoms with Crippen molar-refractivity contribution in [1.82, 2.24) is 5.32 Å². The molecule has 8 heteroatoms. The summed E-state index contributed by atoms with van der Waals surface area (Å²) in [5, 5.41) is 2.27. The average Bonchev–Trinajstić information content (AvgIpc) is 2.37. The number of nitrogens with two attached hydrogens (primary N) is 1. The van der Waals surface area contributed by atoms with Crippen LogP contribution in [0.1, 0.15) is 17.3 Å². The van der Waals surface area contributed by atoms with Crippen molar-refractivity contribution < 1.29 is 27.8 Å². The van der Waals surface area contributed by atoms with E-state index in [-0.39, 0.29) is 30.2 Å². The van der Waals surface area contributed by atoms with Crippen molar-refractivity contribution >= 4 is 11.8 Å². The van der Waals surface area contributed by atoms with Crippen molar-refractivity contribution in [3.05, 3.63) is 23.8 Å². The van der Waals surface area contributed by atoms with Gasteiger partial charge in [-0.1, -0.05) is 0 Å². The van der Waals surface area contributed by atoms with Crippen LogP contribution >= 0.6 is 0 Å². The molecule has 0 heterocycles. The first-order chi connectivity index (χ1) is 9.43. The molecule has 1 rings (SSSR count). The molecule has 6 nitrogen and oxygen atoms in total. The number of halogens is 2. The molecule has 0 saturated heterocycles. The van der Waals surface area contributed by atoms with Crippen LogP contribution in [0.4, 0.5) is 8.78 Å². The maximum Gasteiger partial charge on any atom is 0.387 e. The van der Waals surface area contributed by atoms with Gasteiger partial charge in [0.25, 0.3) is 5.91 Å². The molecule has 0 aliphatic rings. The predicted octanol–water partition coefficient (Wildman–Crippen LogP) is 0.902. The summed E-state index contributed by atoms with van der Waals surface area (Å²) in [6, 6.07) is 3.71. The second kappa shape index (κ2) is 7.27. The number of hydrogen-bond acceptors (Lipinski definition) is 4. The molecule has 0 unspecified atom stereocenters. The minimum atomic E-state index is -3.00. The Labute approximate surface area is 113 Å². The van der Waals surface area contributed by atoms with Crippen LogP contribution in [0.3, 0.4) is 0 Å². The number of carbonyl (C=O) groups excluding carboxylic acids is 2. The molecule has 0 radical (unpaired) electrons. The zero-order valence-corrected chi connectivity index (χ0v) is 10.7. The maximum atomic E-state index is 12.2. The van der Waals surface area contributed by atoms with Crippen molar-refractivity contribution in [1.29, 1.82) is 0 Å². The van der Waals surface area contributed by atoms with Gasteiger partial charge < -0.3 is 20.5 Å². The quantitative estimate of drug-likeness (QED) is 0.780. The van der Waals surface area contributed by atoms with Crippen LogP contribution in [0.15, 0.2) is 18.2 Å². The fourth-order valence-electron chi connectivity index (χ4n) is 1.38. The molecule has 1 aromatic rings. The lowest BCUT2D eigenvalue weighted by molar-refractivity contribution is -0.117. The molecule has 2 amide bonds. The molecule has 0 saturated carbocycles. The molecule has 20 heavy (non-hydrogen) atoms. The number of rotatable bonds is 7. The second-order valence-corrected chi connectivity index (χ2v) is 3.62. The van der Waals surface area contributed by atoms with E-state index in [1.165, 1.54) is 18.2 Å². The molecule has 110 valence electrons. The summed E-state index contributed by atoms with van der Waals surface area (Å²) in [7, 11) is 0. The van der Waals surface area contributed by atoms with E-state index >= 15 is 0 Å². The summed E-state index contributed by atoms with van der Waals surface area (Å²) < 4.78 is 33.8. The number of nitrogens with one attached hydrogen (secondary N) is 1. The van der Waals surface area contributed by atoms with E-state index in [2.05, 4.69) is 10.1 Å². The van der Waals surface area contributed by atoms with E-state index in [4.69, 9.17) is 10.5 Å². The Kier molecular flexibility index (Phi) is 5.70. The average molecular weight is 288 g/mol. The SMILES string of the molecule is CCOc1cc(C(=O)NCC(N)=O)ccc1OC(F)F. The Morgan fingerprint density at radius 1 is 1.35 bits per heavy atom. The Hall–Kier alpha value is -2.38. The lowest BCUT2D eigenvalue weighted by atomic mass is 10.2. The first-order valence-electron chi connectivity index (χ1n) is 5.72. The van der Waals surface area contributed by atoms with E-state index in [9.17, 15) is 18.4 Å². The second-order valence-electron chi connectivity index (χ2n) is 3.62. The highest BCUT2D eigenvalue weighted by atomic mass is 19.3. The van der Waals surface area contributed by atoms with Gasteiger partial charge in [0.15, 0.2) is 11.5 Å². The zero-order valence-electron chi connectivity index (χ0n) is 10.7. The molecule has 0 fully saturated rings. The van der Waals surface area contributed by atoms with Crippen LogP contribution in [0.2, 0.25) is 0 Å². The number of amides is 2. The van der Waals surface area contributed by atoms with Crippen LogP contribution in [-0.2, 0) is 4.79 Å². The van der Waals surface area contributed by atoms with E-state index in [1.807, 2.05) is 0 Å². The Morgan fingerprint density at radius 2 is 2.05 bits per heavy atom. The van der Waals surface area contributed by atoms with Gasteiger partial charge >= 0.3 is 6.61 Å². The fourth-order valence-corrected chi connectivity index (χ4v) is 1.38. The predicted molar refractivity (Wildman–Crippen MR) is 65.8 cm³/mol. The summed E-state index contributed by atoms with van der Waals surface area (Å²) in [5.74, 6) is -1.43. The molecule has 0 bridgehead atoms. The van der Waals surface area contributed by atoms with Gasteiger partial charge in [0.2, 0.25) is 5.91 Å². The van der Waals surface area contributed by atoms with Crippen LogP contribution in [-0.4, -0.2) is 31.6 Å². The maximum absolute atomic E-state index is 12.2. The monoisotopic (exact) mass is 288 g/mol. The third kappa shape index (κ3) is 4.71. The zero-order chi connectivity index (χ0) is 15.1. The van der Waals surface area contributed by atoms with E-state index in [1.54, 1.807) is 6.92 Å². The fraction of sp³-hybridized carbons (Fsp3) is 0.333. The Morgan fingerprint density at radius 3 is 2.60 bits per heavy atom. The normalized spacial score (nSPS) is 10.2.